The third-order valence-electron chi connectivity index (χ3n) is 2.90. The van der Waals surface area contributed by atoms with Crippen LogP contribution in [0.2, 0.25) is 4.34 Å². The zero-order valence-electron chi connectivity index (χ0n) is 9.90. The molecule has 0 fully saturated rings. The number of carbonyl (C=O) groups is 1. The lowest BCUT2D eigenvalue weighted by Gasteiger charge is -2.13. The van der Waals surface area contributed by atoms with Crippen LogP contribution in [0, 0.1) is 13.8 Å². The molecule has 2 aromatic heterocycles. The summed E-state index contributed by atoms with van der Waals surface area (Å²) < 4.78 is 2.53. The molecule has 90 valence electrons. The van der Waals surface area contributed by atoms with Crippen LogP contribution in [0.15, 0.2) is 18.5 Å². The van der Waals surface area contributed by atoms with Gasteiger partial charge in [0.05, 0.1) is 27.3 Å². The van der Waals surface area contributed by atoms with Crippen molar-refractivity contribution in [3.63, 3.8) is 0 Å². The minimum absolute atomic E-state index is 0.0717. The Labute approximate surface area is 109 Å². The number of halogens is 1. The van der Waals surface area contributed by atoms with Gasteiger partial charge in [-0.15, -0.1) is 11.3 Å². The zero-order valence-corrected chi connectivity index (χ0v) is 11.5. The molecular formula is C12H13ClN2OS. The lowest BCUT2D eigenvalue weighted by Crippen LogP contribution is -2.16. The first-order valence-electron chi connectivity index (χ1n) is 5.30. The molecule has 0 N–H and O–H groups in total. The molecule has 0 saturated carbocycles. The third-order valence-corrected chi connectivity index (χ3v) is 4.15. The van der Waals surface area contributed by atoms with Crippen molar-refractivity contribution in [3.05, 3.63) is 39.1 Å². The van der Waals surface area contributed by atoms with E-state index in [1.807, 2.05) is 25.3 Å². The van der Waals surface area contributed by atoms with Crippen LogP contribution in [0.1, 0.15) is 34.0 Å². The summed E-state index contributed by atoms with van der Waals surface area (Å²) >= 11 is 7.15. The highest BCUT2D eigenvalue weighted by molar-refractivity contribution is 7.18. The maximum Gasteiger partial charge on any atom is 0.195 e. The molecule has 2 rings (SSSR count). The van der Waals surface area contributed by atoms with Crippen LogP contribution in [0.5, 0.6) is 0 Å². The van der Waals surface area contributed by atoms with Crippen LogP contribution in [0.25, 0.3) is 0 Å². The van der Waals surface area contributed by atoms with Crippen LogP contribution < -0.4 is 0 Å². The highest BCUT2D eigenvalue weighted by Gasteiger charge is 2.20. The van der Waals surface area contributed by atoms with Gasteiger partial charge in [-0.05, 0) is 32.9 Å². The van der Waals surface area contributed by atoms with Crippen molar-refractivity contribution in [2.75, 3.05) is 0 Å². The van der Waals surface area contributed by atoms with Gasteiger partial charge >= 0.3 is 0 Å². The molecule has 2 aromatic rings. The fraction of sp³-hybridized carbons (Fsp3) is 0.333. The van der Waals surface area contributed by atoms with Crippen molar-refractivity contribution in [3.8, 4) is 0 Å². The Kier molecular flexibility index (Phi) is 3.35. The number of nitrogens with zero attached hydrogens (tertiary/aromatic N) is 2. The number of rotatable bonds is 3. The smallest absolute Gasteiger partial charge is 0.195 e. The molecule has 3 nitrogen and oxygen atoms in total. The fourth-order valence-corrected chi connectivity index (χ4v) is 2.75. The summed E-state index contributed by atoms with van der Waals surface area (Å²) in [6.45, 7) is 5.78. The van der Waals surface area contributed by atoms with Crippen LogP contribution in [0.4, 0.5) is 0 Å². The van der Waals surface area contributed by atoms with Crippen molar-refractivity contribution in [1.82, 2.24) is 9.55 Å². The summed E-state index contributed by atoms with van der Waals surface area (Å²) in [6, 6.07) is 3.27. The Balaban J connectivity index is 2.29. The summed E-state index contributed by atoms with van der Waals surface area (Å²) in [5.74, 6) is 0.0717. The van der Waals surface area contributed by atoms with Gasteiger partial charge in [-0.2, -0.15) is 0 Å². The van der Waals surface area contributed by atoms with E-state index in [0.717, 1.165) is 11.4 Å². The third kappa shape index (κ3) is 2.28. The Morgan fingerprint density at radius 1 is 1.47 bits per heavy atom. The molecule has 2 heterocycles. The maximum absolute atomic E-state index is 12.2. The standard InChI is InChI=1S/C12H13ClN2OS/c1-7-8(2)15(6-14-7)9(3)12(16)10-4-5-11(13)17-10/h4-6,9H,1-3H3. The topological polar surface area (TPSA) is 34.9 Å². The number of hydrogen-bond acceptors (Lipinski definition) is 3. The summed E-state index contributed by atoms with van der Waals surface area (Å²) in [4.78, 5) is 17.1. The predicted molar refractivity (Wildman–Crippen MR) is 70.1 cm³/mol. The fourth-order valence-electron chi connectivity index (χ4n) is 1.69. The highest BCUT2D eigenvalue weighted by Crippen LogP contribution is 2.26. The van der Waals surface area contributed by atoms with Gasteiger partial charge in [0, 0.05) is 5.69 Å². The van der Waals surface area contributed by atoms with E-state index < -0.39 is 0 Å². The predicted octanol–water partition coefficient (Wildman–Crippen LogP) is 3.66. The van der Waals surface area contributed by atoms with Gasteiger partial charge in [-0.1, -0.05) is 11.6 Å². The number of thiophene rings is 1. The normalized spacial score (nSPS) is 12.7. The number of ketones is 1. The Morgan fingerprint density at radius 3 is 2.65 bits per heavy atom. The molecular weight excluding hydrogens is 256 g/mol. The summed E-state index contributed by atoms with van der Waals surface area (Å²) in [5.41, 5.74) is 1.97. The van der Waals surface area contributed by atoms with Gasteiger partial charge in [-0.3, -0.25) is 4.79 Å². The van der Waals surface area contributed by atoms with E-state index in [4.69, 9.17) is 11.6 Å². The molecule has 17 heavy (non-hydrogen) atoms. The van der Waals surface area contributed by atoms with E-state index >= 15 is 0 Å². The molecule has 0 radical (unpaired) electrons. The molecule has 1 unspecified atom stereocenters. The van der Waals surface area contributed by atoms with Crippen molar-refractivity contribution in [2.24, 2.45) is 0 Å². The first-order valence-corrected chi connectivity index (χ1v) is 6.49. The largest absolute Gasteiger partial charge is 0.324 e. The molecule has 0 saturated heterocycles. The number of carbonyl (C=O) groups excluding carboxylic acids is 1. The monoisotopic (exact) mass is 268 g/mol. The molecule has 1 atom stereocenters. The molecule has 0 bridgehead atoms. The van der Waals surface area contributed by atoms with Crippen molar-refractivity contribution >= 4 is 28.7 Å². The summed E-state index contributed by atoms with van der Waals surface area (Å²) in [5, 5.41) is 0. The van der Waals surface area contributed by atoms with Crippen molar-refractivity contribution < 1.29 is 4.79 Å². The van der Waals surface area contributed by atoms with Crippen LogP contribution in [-0.2, 0) is 0 Å². The number of Topliss-reactive ketones (excluding diaryl/α,β-unsaturated/α-hetero) is 1. The van der Waals surface area contributed by atoms with Crippen molar-refractivity contribution in [2.45, 2.75) is 26.8 Å². The first-order chi connectivity index (χ1) is 8.00. The van der Waals surface area contributed by atoms with Gasteiger partial charge in [0.2, 0.25) is 0 Å². The number of aromatic nitrogens is 2. The quantitative estimate of drug-likeness (QED) is 0.797. The van der Waals surface area contributed by atoms with E-state index in [0.29, 0.717) is 9.21 Å². The van der Waals surface area contributed by atoms with Gasteiger partial charge in [0.1, 0.15) is 0 Å². The Bertz CT molecular complexity index is 559. The average molecular weight is 269 g/mol. The number of hydrogen-bond donors (Lipinski definition) is 0. The van der Waals surface area contributed by atoms with E-state index in [-0.39, 0.29) is 11.8 Å². The molecule has 0 aliphatic carbocycles. The van der Waals surface area contributed by atoms with Gasteiger partial charge in [0.15, 0.2) is 5.78 Å². The number of imidazole rings is 1. The maximum atomic E-state index is 12.2. The van der Waals surface area contributed by atoms with Crippen LogP contribution >= 0.6 is 22.9 Å². The minimum atomic E-state index is -0.245. The molecule has 0 amide bonds. The first kappa shape index (κ1) is 12.3. The van der Waals surface area contributed by atoms with E-state index in [2.05, 4.69) is 4.98 Å². The molecule has 5 heteroatoms. The summed E-state index contributed by atoms with van der Waals surface area (Å²) in [6.07, 6.45) is 1.71. The molecule has 0 aliphatic heterocycles. The van der Waals surface area contributed by atoms with Gasteiger partial charge in [0.25, 0.3) is 0 Å². The SMILES string of the molecule is Cc1ncn(C(C)C(=O)c2ccc(Cl)s2)c1C. The highest BCUT2D eigenvalue weighted by atomic mass is 35.5. The minimum Gasteiger partial charge on any atom is -0.324 e. The average Bonchev–Trinajstić information content (AvgIpc) is 2.86. The van der Waals surface area contributed by atoms with Gasteiger partial charge < -0.3 is 4.57 Å². The lowest BCUT2D eigenvalue weighted by molar-refractivity contribution is 0.0938. The van der Waals surface area contributed by atoms with Crippen LogP contribution in [-0.4, -0.2) is 15.3 Å². The lowest BCUT2D eigenvalue weighted by atomic mass is 10.1. The van der Waals surface area contributed by atoms with E-state index in [9.17, 15) is 4.79 Å². The zero-order chi connectivity index (χ0) is 12.6. The Hall–Kier alpha value is -1.13. The van der Waals surface area contributed by atoms with Gasteiger partial charge in [-0.25, -0.2) is 4.98 Å². The Morgan fingerprint density at radius 2 is 2.18 bits per heavy atom. The summed E-state index contributed by atoms with van der Waals surface area (Å²) in [7, 11) is 0. The van der Waals surface area contributed by atoms with E-state index in [1.165, 1.54) is 11.3 Å². The molecule has 0 aromatic carbocycles. The second-order valence-corrected chi connectivity index (χ2v) is 5.68. The molecule has 0 spiro atoms. The van der Waals surface area contributed by atoms with Crippen molar-refractivity contribution in [1.29, 1.82) is 0 Å². The second-order valence-electron chi connectivity index (χ2n) is 3.97. The van der Waals surface area contributed by atoms with E-state index in [1.54, 1.807) is 18.5 Å². The molecule has 0 aliphatic rings. The van der Waals surface area contributed by atoms with Crippen LogP contribution in [0.3, 0.4) is 0 Å². The number of aryl methyl sites for hydroxylation is 1. The second kappa shape index (κ2) is 4.63.